The summed E-state index contributed by atoms with van der Waals surface area (Å²) in [6, 6.07) is 2.51. The van der Waals surface area contributed by atoms with Gasteiger partial charge < -0.3 is 29.9 Å². The Labute approximate surface area is 250 Å². The molecule has 2 aliphatic carbocycles. The zero-order chi connectivity index (χ0) is 29.1. The highest BCUT2D eigenvalue weighted by Crippen LogP contribution is 2.38. The van der Waals surface area contributed by atoms with Crippen molar-refractivity contribution >= 4 is 40.7 Å². The molecule has 3 atom stereocenters. The minimum atomic E-state index is -1.11. The normalized spacial score (nSPS) is 21.2. The minimum absolute atomic E-state index is 0.0256. The van der Waals surface area contributed by atoms with E-state index in [4.69, 9.17) is 9.47 Å². The lowest BCUT2D eigenvalue weighted by molar-refractivity contribution is -0.143. The van der Waals surface area contributed by atoms with Gasteiger partial charge in [-0.1, -0.05) is 25.3 Å². The number of aliphatic hydroxyl groups is 2. The van der Waals surface area contributed by atoms with Gasteiger partial charge in [-0.3, -0.25) is 14.4 Å². The Kier molecular flexibility index (Phi) is 12.9. The SMILES string of the molecule is C=CCCCCC(=O)N(C1CCCCC1)[C@@H]1CC(C(=O)NCCO)=C[C@H](Oc2c(I)cc(C=O)cc2OC)[C@H]1O. The summed E-state index contributed by atoms with van der Waals surface area (Å²) in [5, 5.41) is 23.7. The molecule has 10 heteroatoms. The number of nitrogens with zero attached hydrogens (tertiary/aromatic N) is 1. The van der Waals surface area contributed by atoms with E-state index in [0.717, 1.165) is 51.4 Å². The van der Waals surface area contributed by atoms with Crippen LogP contribution in [0.5, 0.6) is 11.5 Å². The van der Waals surface area contributed by atoms with E-state index in [1.54, 1.807) is 18.2 Å². The second kappa shape index (κ2) is 16.1. The molecule has 0 spiro atoms. The van der Waals surface area contributed by atoms with E-state index in [1.807, 2.05) is 33.6 Å². The van der Waals surface area contributed by atoms with Crippen molar-refractivity contribution < 1.29 is 34.1 Å². The highest BCUT2D eigenvalue weighted by atomic mass is 127. The number of methoxy groups -OCH3 is 1. The van der Waals surface area contributed by atoms with Crippen molar-refractivity contribution in [2.24, 2.45) is 0 Å². The molecule has 0 radical (unpaired) electrons. The molecule has 1 aromatic rings. The molecule has 2 amide bonds. The summed E-state index contributed by atoms with van der Waals surface area (Å²) < 4.78 is 12.4. The third kappa shape index (κ3) is 8.29. The molecular weight excluding hydrogens is 627 g/mol. The van der Waals surface area contributed by atoms with Gasteiger partial charge >= 0.3 is 0 Å². The molecule has 0 aliphatic heterocycles. The van der Waals surface area contributed by atoms with Crippen LogP contribution in [0.2, 0.25) is 0 Å². The molecule has 1 fully saturated rings. The van der Waals surface area contributed by atoms with Gasteiger partial charge in [-0.15, -0.1) is 6.58 Å². The van der Waals surface area contributed by atoms with Crippen molar-refractivity contribution in [1.82, 2.24) is 10.2 Å². The highest BCUT2D eigenvalue weighted by Gasteiger charge is 2.43. The first-order chi connectivity index (χ1) is 19.3. The van der Waals surface area contributed by atoms with Gasteiger partial charge in [0.2, 0.25) is 11.8 Å². The molecular formula is C30H41IN2O7. The third-order valence-electron chi connectivity index (χ3n) is 7.52. The van der Waals surface area contributed by atoms with Gasteiger partial charge in [0, 0.05) is 36.6 Å². The molecule has 220 valence electrons. The quantitative estimate of drug-likeness (QED) is 0.119. The molecule has 0 saturated heterocycles. The van der Waals surface area contributed by atoms with Crippen LogP contribution in [-0.4, -0.2) is 77.8 Å². The Morgan fingerprint density at radius 2 is 1.98 bits per heavy atom. The Morgan fingerprint density at radius 3 is 2.62 bits per heavy atom. The second-order valence-corrected chi connectivity index (χ2v) is 11.5. The van der Waals surface area contributed by atoms with Crippen LogP contribution in [0.1, 0.15) is 74.6 Å². The summed E-state index contributed by atoms with van der Waals surface area (Å²) in [4.78, 5) is 40.0. The number of hydrogen-bond acceptors (Lipinski definition) is 7. The van der Waals surface area contributed by atoms with Crippen LogP contribution in [0.15, 0.2) is 36.4 Å². The zero-order valence-electron chi connectivity index (χ0n) is 23.1. The van der Waals surface area contributed by atoms with Gasteiger partial charge in [-0.05, 0) is 72.9 Å². The summed E-state index contributed by atoms with van der Waals surface area (Å²) in [7, 11) is 1.46. The highest BCUT2D eigenvalue weighted by molar-refractivity contribution is 14.1. The first-order valence-corrected chi connectivity index (χ1v) is 15.1. The largest absolute Gasteiger partial charge is 0.493 e. The van der Waals surface area contributed by atoms with Gasteiger partial charge in [0.25, 0.3) is 0 Å². The fourth-order valence-corrected chi connectivity index (χ4v) is 6.27. The molecule has 1 saturated carbocycles. The number of carbonyl (C=O) groups excluding carboxylic acids is 3. The first kappa shape index (κ1) is 32.1. The van der Waals surface area contributed by atoms with Gasteiger partial charge in [0.15, 0.2) is 11.5 Å². The maximum absolute atomic E-state index is 13.7. The molecule has 0 aromatic heterocycles. The average molecular weight is 669 g/mol. The fraction of sp³-hybridized carbons (Fsp3) is 0.567. The summed E-state index contributed by atoms with van der Waals surface area (Å²) in [5.74, 6) is 0.257. The summed E-state index contributed by atoms with van der Waals surface area (Å²) in [5.41, 5.74) is 0.799. The van der Waals surface area contributed by atoms with E-state index >= 15 is 0 Å². The van der Waals surface area contributed by atoms with Crippen molar-refractivity contribution in [3.63, 3.8) is 0 Å². The number of hydrogen-bond donors (Lipinski definition) is 3. The van der Waals surface area contributed by atoms with Crippen molar-refractivity contribution in [3.05, 3.63) is 45.6 Å². The predicted octanol–water partition coefficient (Wildman–Crippen LogP) is 3.94. The molecule has 40 heavy (non-hydrogen) atoms. The number of amides is 2. The standard InChI is InChI=1S/C30H41IN2O7/c1-3-4-5-9-12-27(36)33(22-10-7-6-8-11-22)24-17-21(30(38)32-13-14-34)18-25(28(24)37)40-29-23(31)15-20(19-35)16-26(29)39-2/h3,15-16,18-19,22,24-25,28,34,37H,1,4-14,17H2,2H3,(H,32,38)/t24-,25+,28+/m1/s1. The maximum atomic E-state index is 13.7. The number of ether oxygens (including phenoxy) is 2. The molecule has 0 bridgehead atoms. The molecule has 3 rings (SSSR count). The zero-order valence-corrected chi connectivity index (χ0v) is 25.3. The van der Waals surface area contributed by atoms with E-state index in [1.165, 1.54) is 7.11 Å². The molecule has 9 nitrogen and oxygen atoms in total. The number of nitrogens with one attached hydrogen (secondary N) is 1. The van der Waals surface area contributed by atoms with Gasteiger partial charge in [0.1, 0.15) is 18.5 Å². The van der Waals surface area contributed by atoms with E-state index < -0.39 is 18.2 Å². The Morgan fingerprint density at radius 1 is 1.23 bits per heavy atom. The lowest BCUT2D eigenvalue weighted by Gasteiger charge is -2.45. The van der Waals surface area contributed by atoms with E-state index in [-0.39, 0.29) is 37.4 Å². The smallest absolute Gasteiger partial charge is 0.247 e. The lowest BCUT2D eigenvalue weighted by Crippen LogP contribution is -2.58. The van der Waals surface area contributed by atoms with Gasteiger partial charge in [-0.2, -0.15) is 0 Å². The number of benzene rings is 1. The van der Waals surface area contributed by atoms with E-state index in [0.29, 0.717) is 38.9 Å². The number of rotatable bonds is 14. The molecule has 0 unspecified atom stereocenters. The van der Waals surface area contributed by atoms with E-state index in [9.17, 15) is 24.6 Å². The van der Waals surface area contributed by atoms with Crippen LogP contribution >= 0.6 is 22.6 Å². The van der Waals surface area contributed by atoms with E-state index in [2.05, 4.69) is 11.9 Å². The molecule has 0 heterocycles. The van der Waals surface area contributed by atoms with Crippen molar-refractivity contribution in [1.29, 1.82) is 0 Å². The summed E-state index contributed by atoms with van der Waals surface area (Å²) >= 11 is 2.04. The first-order valence-electron chi connectivity index (χ1n) is 14.0. The lowest BCUT2D eigenvalue weighted by atomic mass is 9.85. The van der Waals surface area contributed by atoms with Crippen LogP contribution < -0.4 is 14.8 Å². The summed E-state index contributed by atoms with van der Waals surface area (Å²) in [6.07, 6.45) is 9.83. The van der Waals surface area contributed by atoms with Crippen molar-refractivity contribution in [2.75, 3.05) is 20.3 Å². The Bertz CT molecular complexity index is 1070. The average Bonchev–Trinajstić information content (AvgIpc) is 2.97. The minimum Gasteiger partial charge on any atom is -0.493 e. The van der Waals surface area contributed by atoms with Crippen LogP contribution in [0.4, 0.5) is 0 Å². The van der Waals surface area contributed by atoms with Gasteiger partial charge in [0.05, 0.1) is 23.3 Å². The number of aliphatic hydroxyl groups excluding tert-OH is 2. The predicted molar refractivity (Wildman–Crippen MR) is 160 cm³/mol. The monoisotopic (exact) mass is 668 g/mol. The molecule has 2 aliphatic rings. The second-order valence-electron chi connectivity index (χ2n) is 10.3. The topological polar surface area (TPSA) is 125 Å². The van der Waals surface area contributed by atoms with Crippen molar-refractivity contribution in [2.45, 2.75) is 88.5 Å². The number of aldehydes is 1. The Balaban J connectivity index is 1.99. The molecule has 1 aromatic carbocycles. The molecule has 3 N–H and O–H groups in total. The Hall–Kier alpha value is -2.44. The fourth-order valence-electron chi connectivity index (χ4n) is 5.52. The van der Waals surface area contributed by atoms with Crippen LogP contribution in [0.25, 0.3) is 0 Å². The number of unbranched alkanes of at least 4 members (excludes halogenated alkanes) is 2. The van der Waals surface area contributed by atoms with Crippen LogP contribution in [0, 0.1) is 3.57 Å². The van der Waals surface area contributed by atoms with Gasteiger partial charge in [-0.25, -0.2) is 0 Å². The van der Waals surface area contributed by atoms with Crippen LogP contribution in [-0.2, 0) is 9.59 Å². The third-order valence-corrected chi connectivity index (χ3v) is 8.32. The maximum Gasteiger partial charge on any atom is 0.247 e. The van der Waals surface area contributed by atoms with Crippen molar-refractivity contribution in [3.8, 4) is 11.5 Å². The van der Waals surface area contributed by atoms with Crippen LogP contribution in [0.3, 0.4) is 0 Å². The number of allylic oxidation sites excluding steroid dienone is 1. The summed E-state index contributed by atoms with van der Waals surface area (Å²) in [6.45, 7) is 3.64. The number of halogens is 1. The number of carbonyl (C=O) groups is 3.